The maximum Gasteiger partial charge on any atom is 0.124 e. The Bertz CT molecular complexity index is 823. The first-order valence-corrected chi connectivity index (χ1v) is 9.80. The van der Waals surface area contributed by atoms with Crippen LogP contribution in [0.5, 0.6) is 5.75 Å². The maximum atomic E-state index is 10.0. The van der Waals surface area contributed by atoms with Crippen LogP contribution in [0.15, 0.2) is 77.0 Å². The number of nitrogens with zero attached hydrogens (tertiary/aromatic N) is 1. The van der Waals surface area contributed by atoms with E-state index in [1.807, 2.05) is 18.2 Å². The summed E-state index contributed by atoms with van der Waals surface area (Å²) in [5.74, 6) is 0.699. The number of benzene rings is 2. The van der Waals surface area contributed by atoms with Gasteiger partial charge in [0.05, 0.1) is 5.82 Å². The molecule has 0 unspecified atom stereocenters. The average Bonchev–Trinajstić information content (AvgIpc) is 2.68. The largest absolute Gasteiger partial charge is 0.507 e. The van der Waals surface area contributed by atoms with Crippen LogP contribution in [0.2, 0.25) is 0 Å². The second-order valence-electron chi connectivity index (χ2n) is 6.64. The quantitative estimate of drug-likeness (QED) is 0.468. The van der Waals surface area contributed by atoms with E-state index in [4.69, 9.17) is 17.2 Å². The van der Waals surface area contributed by atoms with Crippen LogP contribution >= 0.6 is 11.9 Å². The van der Waals surface area contributed by atoms with Crippen molar-refractivity contribution >= 4 is 17.6 Å². The van der Waals surface area contributed by atoms with Gasteiger partial charge in [-0.25, -0.2) is 4.31 Å². The Hall–Kier alpha value is -2.57. The van der Waals surface area contributed by atoms with Crippen molar-refractivity contribution < 1.29 is 5.11 Å². The van der Waals surface area contributed by atoms with Gasteiger partial charge in [0, 0.05) is 29.2 Å². The lowest BCUT2D eigenvalue weighted by molar-refractivity contribution is 0.322. The molecule has 0 radical (unpaired) electrons. The van der Waals surface area contributed by atoms with Crippen LogP contribution in [-0.4, -0.2) is 22.5 Å². The molecule has 1 aliphatic heterocycles. The highest BCUT2D eigenvalue weighted by Gasteiger charge is 2.24. The number of para-hydroxylation sites is 1. The van der Waals surface area contributed by atoms with E-state index in [0.29, 0.717) is 17.1 Å². The number of piperidine rings is 1. The monoisotopic (exact) mass is 382 g/mol. The number of aromatic hydroxyl groups is 1. The van der Waals surface area contributed by atoms with Crippen LogP contribution in [0.3, 0.4) is 0 Å². The minimum Gasteiger partial charge on any atom is -0.507 e. The number of nitrogens with two attached hydrogens (primary N) is 3. The third-order valence-corrected chi connectivity index (χ3v) is 5.84. The summed E-state index contributed by atoms with van der Waals surface area (Å²) in [7, 11) is 0. The number of rotatable bonds is 5. The van der Waals surface area contributed by atoms with Crippen LogP contribution in [-0.2, 0) is 0 Å². The van der Waals surface area contributed by atoms with E-state index in [2.05, 4.69) is 28.6 Å². The number of phenolic OH excluding ortho intramolecular Hbond substituents is 1. The molecule has 0 aliphatic carbocycles. The number of allylic oxidation sites excluding steroid dienone is 2. The van der Waals surface area contributed by atoms with Gasteiger partial charge in [-0.3, -0.25) is 0 Å². The molecule has 0 spiro atoms. The third kappa shape index (κ3) is 4.99. The predicted molar refractivity (Wildman–Crippen MR) is 112 cm³/mol. The Kier molecular flexibility index (Phi) is 6.32. The van der Waals surface area contributed by atoms with Crippen molar-refractivity contribution in [2.45, 2.75) is 17.7 Å². The number of phenols is 1. The normalized spacial score (nSPS) is 16.2. The van der Waals surface area contributed by atoms with Gasteiger partial charge in [-0.15, -0.1) is 0 Å². The second kappa shape index (κ2) is 8.88. The lowest BCUT2D eigenvalue weighted by Gasteiger charge is -2.32. The molecule has 0 atom stereocenters. The van der Waals surface area contributed by atoms with Crippen molar-refractivity contribution in [3.8, 4) is 5.75 Å². The maximum absolute atomic E-state index is 10.0. The van der Waals surface area contributed by atoms with Crippen LogP contribution in [0.4, 0.5) is 0 Å². The summed E-state index contributed by atoms with van der Waals surface area (Å²) < 4.78 is 2.37. The van der Waals surface area contributed by atoms with Crippen molar-refractivity contribution in [2.75, 3.05) is 13.1 Å². The van der Waals surface area contributed by atoms with Gasteiger partial charge in [-0.05, 0) is 66.6 Å². The fourth-order valence-corrected chi connectivity index (χ4v) is 4.26. The van der Waals surface area contributed by atoms with E-state index in [-0.39, 0.29) is 11.7 Å². The fraction of sp³-hybridized carbons (Fsp3) is 0.238. The summed E-state index contributed by atoms with van der Waals surface area (Å²) in [5.41, 5.74) is 20.1. The molecule has 0 amide bonds. The molecule has 1 fully saturated rings. The molecule has 1 heterocycles. The summed E-state index contributed by atoms with van der Waals surface area (Å²) in [5, 5.41) is 10.0. The van der Waals surface area contributed by atoms with Gasteiger partial charge in [0.25, 0.3) is 0 Å². The second-order valence-corrected chi connectivity index (χ2v) is 7.81. The highest BCUT2D eigenvalue weighted by molar-refractivity contribution is 7.97. The molecule has 7 N–H and O–H groups in total. The van der Waals surface area contributed by atoms with Crippen LogP contribution < -0.4 is 17.2 Å². The summed E-state index contributed by atoms with van der Waals surface area (Å²) in [6.45, 7) is 1.90. The predicted octanol–water partition coefficient (Wildman–Crippen LogP) is 3.24. The molecule has 2 aromatic carbocycles. The smallest absolute Gasteiger partial charge is 0.124 e. The fourth-order valence-electron chi connectivity index (χ4n) is 3.29. The van der Waals surface area contributed by atoms with Crippen molar-refractivity contribution in [3.05, 3.63) is 77.6 Å². The minimum absolute atomic E-state index is 0.148. The summed E-state index contributed by atoms with van der Waals surface area (Å²) in [6, 6.07) is 17.4. The molecule has 2 aromatic rings. The SMILES string of the molecule is NC(N)=C(/C=C(\N)c1ccccc1O)C1CCN(Sc2ccccc2)CC1. The molecule has 3 rings (SSSR count). The molecule has 0 bridgehead atoms. The minimum atomic E-state index is 0.148. The number of hydrogen-bond donors (Lipinski definition) is 4. The highest BCUT2D eigenvalue weighted by atomic mass is 32.2. The highest BCUT2D eigenvalue weighted by Crippen LogP contribution is 2.33. The Morgan fingerprint density at radius 1 is 0.963 bits per heavy atom. The average molecular weight is 383 g/mol. The van der Waals surface area contributed by atoms with Crippen LogP contribution in [0.25, 0.3) is 5.70 Å². The van der Waals surface area contributed by atoms with E-state index in [1.165, 1.54) is 4.90 Å². The molecular formula is C21H26N4OS. The van der Waals surface area contributed by atoms with Crippen molar-refractivity contribution in [1.29, 1.82) is 0 Å². The Morgan fingerprint density at radius 2 is 1.59 bits per heavy atom. The van der Waals surface area contributed by atoms with Gasteiger partial charge < -0.3 is 22.3 Å². The van der Waals surface area contributed by atoms with E-state index in [0.717, 1.165) is 31.5 Å². The van der Waals surface area contributed by atoms with Gasteiger partial charge in [0.15, 0.2) is 0 Å². The topological polar surface area (TPSA) is 102 Å². The van der Waals surface area contributed by atoms with Crippen molar-refractivity contribution in [2.24, 2.45) is 23.1 Å². The summed E-state index contributed by atoms with van der Waals surface area (Å²) in [6.07, 6.45) is 3.73. The van der Waals surface area contributed by atoms with Gasteiger partial charge in [0.2, 0.25) is 0 Å². The van der Waals surface area contributed by atoms with Crippen LogP contribution in [0, 0.1) is 5.92 Å². The van der Waals surface area contributed by atoms with Gasteiger partial charge in [-0.1, -0.05) is 30.3 Å². The molecule has 0 aromatic heterocycles. The Labute approximate surface area is 164 Å². The zero-order valence-electron chi connectivity index (χ0n) is 15.2. The zero-order valence-corrected chi connectivity index (χ0v) is 16.0. The zero-order chi connectivity index (χ0) is 19.2. The molecule has 6 heteroatoms. The van der Waals surface area contributed by atoms with Gasteiger partial charge in [0.1, 0.15) is 5.75 Å². The molecular weight excluding hydrogens is 356 g/mol. The third-order valence-electron chi connectivity index (χ3n) is 4.73. The van der Waals surface area contributed by atoms with E-state index in [9.17, 15) is 5.11 Å². The van der Waals surface area contributed by atoms with E-state index in [1.54, 1.807) is 30.1 Å². The van der Waals surface area contributed by atoms with Crippen molar-refractivity contribution in [3.63, 3.8) is 0 Å². The standard InChI is InChI=1S/C21H26N4OS/c22-19(17-8-4-5-9-20(17)26)14-18(21(23)24)15-10-12-25(13-11-15)27-16-6-2-1-3-7-16/h1-9,14-15,26H,10-13,22-24H2/b19-14-. The Morgan fingerprint density at radius 3 is 2.22 bits per heavy atom. The lowest BCUT2D eigenvalue weighted by Crippen LogP contribution is -2.30. The molecule has 27 heavy (non-hydrogen) atoms. The van der Waals surface area contributed by atoms with Gasteiger partial charge in [-0.2, -0.15) is 0 Å². The van der Waals surface area contributed by atoms with Crippen molar-refractivity contribution in [1.82, 2.24) is 4.31 Å². The lowest BCUT2D eigenvalue weighted by atomic mass is 9.88. The first-order valence-electron chi connectivity index (χ1n) is 9.03. The van der Waals surface area contributed by atoms with Crippen LogP contribution in [0.1, 0.15) is 18.4 Å². The molecule has 1 aliphatic rings. The molecule has 0 saturated carbocycles. The summed E-state index contributed by atoms with van der Waals surface area (Å²) >= 11 is 1.78. The first kappa shape index (κ1) is 19.2. The Balaban J connectivity index is 1.68. The first-order chi connectivity index (χ1) is 13.0. The van der Waals surface area contributed by atoms with E-state index < -0.39 is 0 Å². The van der Waals surface area contributed by atoms with E-state index >= 15 is 0 Å². The molecule has 5 nitrogen and oxygen atoms in total. The van der Waals surface area contributed by atoms with Gasteiger partial charge >= 0.3 is 0 Å². The molecule has 1 saturated heterocycles. The summed E-state index contributed by atoms with van der Waals surface area (Å²) in [4.78, 5) is 1.24. The number of hydrogen-bond acceptors (Lipinski definition) is 6. The molecule has 142 valence electrons.